The summed E-state index contributed by atoms with van der Waals surface area (Å²) in [5.74, 6) is 1.56. The molecule has 1 aliphatic rings. The van der Waals surface area contributed by atoms with Crippen LogP contribution in [0.3, 0.4) is 0 Å². The zero-order valence-electron chi connectivity index (χ0n) is 15.5. The van der Waals surface area contributed by atoms with Crippen molar-refractivity contribution in [3.8, 4) is 22.1 Å². The van der Waals surface area contributed by atoms with E-state index in [1.807, 2.05) is 29.8 Å². The van der Waals surface area contributed by atoms with Crippen LogP contribution in [-0.4, -0.2) is 29.6 Å². The number of hydrogen-bond acceptors (Lipinski definition) is 6. The van der Waals surface area contributed by atoms with E-state index in [2.05, 4.69) is 36.7 Å². The van der Waals surface area contributed by atoms with Gasteiger partial charge in [-0.25, -0.2) is 4.68 Å². The van der Waals surface area contributed by atoms with Crippen molar-refractivity contribution in [3.05, 3.63) is 51.5 Å². The molecule has 27 heavy (non-hydrogen) atoms. The summed E-state index contributed by atoms with van der Waals surface area (Å²) in [6.45, 7) is 7.33. The largest absolute Gasteiger partial charge is 0.486 e. The van der Waals surface area contributed by atoms with Gasteiger partial charge in [0.2, 0.25) is 4.80 Å². The Kier molecular flexibility index (Phi) is 5.13. The van der Waals surface area contributed by atoms with Crippen LogP contribution < -0.4 is 14.3 Å². The highest BCUT2D eigenvalue weighted by Gasteiger charge is 2.14. The van der Waals surface area contributed by atoms with Gasteiger partial charge in [-0.05, 0) is 50.4 Å². The van der Waals surface area contributed by atoms with Crippen molar-refractivity contribution in [3.63, 3.8) is 0 Å². The number of ether oxygens (including phenoxy) is 2. The van der Waals surface area contributed by atoms with Gasteiger partial charge in [0.15, 0.2) is 11.5 Å². The fraction of sp³-hybridized carbons (Fsp3) is 0.300. The Labute approximate surface area is 166 Å². The molecule has 0 amide bonds. The molecule has 2 aromatic heterocycles. The average molecular weight is 400 g/mol. The lowest BCUT2D eigenvalue weighted by molar-refractivity contribution is 0.171. The maximum absolute atomic E-state index is 5.71. The van der Waals surface area contributed by atoms with Crippen molar-refractivity contribution < 1.29 is 9.47 Å². The molecule has 0 unspecified atom stereocenters. The molecule has 140 valence electrons. The molecule has 1 aliphatic heterocycles. The standard InChI is InChI=1S/C20H21N3O2S2/c1-13(2)21-20-23(16(12-27-20)19-5-4-10-26-19)22-14(3)15-6-7-17-18(11-15)25-9-8-24-17/h4-7,10-13H,8-9H2,1-3H3. The number of benzene rings is 1. The lowest BCUT2D eigenvalue weighted by Crippen LogP contribution is -2.17. The van der Waals surface area contributed by atoms with Gasteiger partial charge in [0, 0.05) is 17.0 Å². The molecule has 5 nitrogen and oxygen atoms in total. The molecule has 4 rings (SSSR count). The Morgan fingerprint density at radius 3 is 2.67 bits per heavy atom. The van der Waals surface area contributed by atoms with Crippen molar-refractivity contribution in [2.45, 2.75) is 26.8 Å². The number of hydrogen-bond donors (Lipinski definition) is 0. The van der Waals surface area contributed by atoms with Crippen LogP contribution in [0.2, 0.25) is 0 Å². The van der Waals surface area contributed by atoms with E-state index in [1.165, 1.54) is 4.88 Å². The maximum Gasteiger partial charge on any atom is 0.206 e. The van der Waals surface area contributed by atoms with Crippen LogP contribution in [0.4, 0.5) is 0 Å². The van der Waals surface area contributed by atoms with Crippen molar-refractivity contribution in [2.75, 3.05) is 13.2 Å². The molecule has 0 saturated carbocycles. The first-order valence-electron chi connectivity index (χ1n) is 8.85. The van der Waals surface area contributed by atoms with E-state index in [1.54, 1.807) is 22.7 Å². The Hall–Kier alpha value is -2.38. The second kappa shape index (κ2) is 7.70. The van der Waals surface area contributed by atoms with Gasteiger partial charge in [-0.2, -0.15) is 5.10 Å². The lowest BCUT2D eigenvalue weighted by atomic mass is 10.1. The average Bonchev–Trinajstić information content (AvgIpc) is 3.31. The van der Waals surface area contributed by atoms with Crippen molar-refractivity contribution in [2.24, 2.45) is 10.1 Å². The molecule has 0 spiro atoms. The minimum atomic E-state index is 0.205. The normalized spacial score (nSPS) is 14.8. The molecule has 0 bridgehead atoms. The summed E-state index contributed by atoms with van der Waals surface area (Å²) in [5, 5.41) is 9.10. The van der Waals surface area contributed by atoms with E-state index >= 15 is 0 Å². The van der Waals surface area contributed by atoms with Crippen LogP contribution in [-0.2, 0) is 0 Å². The zero-order valence-corrected chi connectivity index (χ0v) is 17.1. The van der Waals surface area contributed by atoms with Gasteiger partial charge in [-0.15, -0.1) is 22.7 Å². The van der Waals surface area contributed by atoms with E-state index in [9.17, 15) is 0 Å². The molecular formula is C20H21N3O2S2. The Balaban J connectivity index is 1.79. The van der Waals surface area contributed by atoms with Crippen LogP contribution in [0.5, 0.6) is 11.5 Å². The molecule has 0 N–H and O–H groups in total. The van der Waals surface area contributed by atoms with Gasteiger partial charge in [0.1, 0.15) is 13.2 Å². The second-order valence-corrected chi connectivity index (χ2v) is 8.24. The summed E-state index contributed by atoms with van der Waals surface area (Å²) in [5.41, 5.74) is 2.96. The first-order valence-corrected chi connectivity index (χ1v) is 10.6. The fourth-order valence-electron chi connectivity index (χ4n) is 2.78. The van der Waals surface area contributed by atoms with Gasteiger partial charge in [-0.1, -0.05) is 6.07 Å². The monoisotopic (exact) mass is 399 g/mol. The third-order valence-electron chi connectivity index (χ3n) is 4.04. The zero-order chi connectivity index (χ0) is 18.8. The molecule has 0 fully saturated rings. The van der Waals surface area contributed by atoms with Crippen molar-refractivity contribution in [1.82, 2.24) is 4.68 Å². The Morgan fingerprint density at radius 2 is 1.93 bits per heavy atom. The van der Waals surface area contributed by atoms with Gasteiger partial charge < -0.3 is 9.47 Å². The summed E-state index contributed by atoms with van der Waals surface area (Å²) in [4.78, 5) is 6.81. The Bertz CT molecular complexity index is 1030. The van der Waals surface area contributed by atoms with Crippen LogP contribution in [0.25, 0.3) is 10.6 Å². The number of thiazole rings is 1. The summed E-state index contributed by atoms with van der Waals surface area (Å²) in [6, 6.07) is 10.3. The first kappa shape index (κ1) is 18.0. The SMILES string of the molecule is CC(=Nn1c(-c2cccs2)csc1=NC(C)C)c1ccc2c(c1)OCCO2. The van der Waals surface area contributed by atoms with Crippen LogP contribution in [0.1, 0.15) is 26.3 Å². The van der Waals surface area contributed by atoms with Gasteiger partial charge >= 0.3 is 0 Å². The summed E-state index contributed by atoms with van der Waals surface area (Å²) in [7, 11) is 0. The predicted molar refractivity (Wildman–Crippen MR) is 111 cm³/mol. The minimum absolute atomic E-state index is 0.205. The third-order valence-corrected chi connectivity index (χ3v) is 5.76. The minimum Gasteiger partial charge on any atom is -0.486 e. The molecule has 7 heteroatoms. The third kappa shape index (κ3) is 3.84. The highest BCUT2D eigenvalue weighted by Crippen LogP contribution is 2.31. The van der Waals surface area contributed by atoms with E-state index < -0.39 is 0 Å². The second-order valence-electron chi connectivity index (χ2n) is 6.46. The molecular weight excluding hydrogens is 378 g/mol. The number of fused-ring (bicyclic) bond motifs is 1. The van der Waals surface area contributed by atoms with Crippen LogP contribution in [0.15, 0.2) is 51.2 Å². The summed E-state index contributed by atoms with van der Waals surface area (Å²) in [6.07, 6.45) is 0. The molecule has 1 aromatic carbocycles. The van der Waals surface area contributed by atoms with E-state index in [4.69, 9.17) is 19.6 Å². The molecule has 0 radical (unpaired) electrons. The van der Waals surface area contributed by atoms with E-state index in [0.29, 0.717) is 13.2 Å². The summed E-state index contributed by atoms with van der Waals surface area (Å²) < 4.78 is 13.3. The highest BCUT2D eigenvalue weighted by molar-refractivity contribution is 7.14. The quantitative estimate of drug-likeness (QED) is 0.601. The predicted octanol–water partition coefficient (Wildman–Crippen LogP) is 4.63. The first-order chi connectivity index (χ1) is 13.1. The Morgan fingerprint density at radius 1 is 1.11 bits per heavy atom. The summed E-state index contributed by atoms with van der Waals surface area (Å²) >= 11 is 3.32. The number of rotatable bonds is 4. The lowest BCUT2D eigenvalue weighted by Gasteiger charge is -2.18. The van der Waals surface area contributed by atoms with Crippen LogP contribution in [0, 0.1) is 0 Å². The number of aromatic nitrogens is 1. The van der Waals surface area contributed by atoms with Crippen molar-refractivity contribution in [1.29, 1.82) is 0 Å². The van der Waals surface area contributed by atoms with Gasteiger partial charge in [-0.3, -0.25) is 4.99 Å². The van der Waals surface area contributed by atoms with Gasteiger partial charge in [0.05, 0.1) is 16.3 Å². The highest BCUT2D eigenvalue weighted by atomic mass is 32.1. The number of nitrogens with zero attached hydrogens (tertiary/aromatic N) is 3. The van der Waals surface area contributed by atoms with E-state index in [-0.39, 0.29) is 6.04 Å². The molecule has 3 heterocycles. The van der Waals surface area contributed by atoms with Crippen LogP contribution >= 0.6 is 22.7 Å². The maximum atomic E-state index is 5.71. The molecule has 3 aromatic rings. The van der Waals surface area contributed by atoms with Gasteiger partial charge in [0.25, 0.3) is 0 Å². The molecule has 0 atom stereocenters. The number of thiophene rings is 1. The smallest absolute Gasteiger partial charge is 0.206 e. The van der Waals surface area contributed by atoms with Crippen molar-refractivity contribution >= 4 is 28.4 Å². The molecule has 0 aliphatic carbocycles. The molecule has 0 saturated heterocycles. The topological polar surface area (TPSA) is 48.1 Å². The fourth-order valence-corrected chi connectivity index (χ4v) is 4.53. The van der Waals surface area contributed by atoms with E-state index in [0.717, 1.165) is 33.3 Å².